The first-order valence-electron chi connectivity index (χ1n) is 10.7. The third-order valence-electron chi connectivity index (χ3n) is 5.53. The van der Waals surface area contributed by atoms with Gasteiger partial charge in [-0.15, -0.1) is 0 Å². The van der Waals surface area contributed by atoms with E-state index in [0.29, 0.717) is 58.9 Å². The molecule has 1 aliphatic heterocycles. The fourth-order valence-corrected chi connectivity index (χ4v) is 3.89. The van der Waals surface area contributed by atoms with Crippen molar-refractivity contribution >= 4 is 0 Å². The molecule has 0 spiro atoms. The lowest BCUT2D eigenvalue weighted by atomic mass is 10.1. The summed E-state index contributed by atoms with van der Waals surface area (Å²) in [5.41, 5.74) is 1.19. The largest absolute Gasteiger partial charge is 0.504 e. The molecule has 4 aromatic rings. The van der Waals surface area contributed by atoms with E-state index < -0.39 is 11.2 Å². The number of aromatic nitrogens is 2. The van der Waals surface area contributed by atoms with Crippen LogP contribution in [0.25, 0.3) is 34.1 Å². The first-order chi connectivity index (χ1) is 16.9. The van der Waals surface area contributed by atoms with Crippen LogP contribution in [-0.4, -0.2) is 47.6 Å². The second-order valence-electron chi connectivity index (χ2n) is 7.80. The summed E-state index contributed by atoms with van der Waals surface area (Å²) in [4.78, 5) is 20.2. The SMILES string of the molecule is COc1cc(-c2nc(-c3cc(OC)c4c(c3)OCCO4)[nH]c2-c2oc(C)cc(=O)c2O)ccc1O. The van der Waals surface area contributed by atoms with Gasteiger partial charge in [-0.3, -0.25) is 4.79 Å². The minimum absolute atomic E-state index is 0.0462. The normalized spacial score (nSPS) is 12.4. The van der Waals surface area contributed by atoms with Gasteiger partial charge in [-0.2, -0.15) is 0 Å². The van der Waals surface area contributed by atoms with Crippen LogP contribution in [-0.2, 0) is 0 Å². The number of phenols is 1. The first-order valence-corrected chi connectivity index (χ1v) is 10.7. The maximum Gasteiger partial charge on any atom is 0.227 e. The summed E-state index contributed by atoms with van der Waals surface area (Å²) in [6.45, 7) is 2.41. The number of nitrogens with zero attached hydrogens (tertiary/aromatic N) is 1. The molecule has 0 saturated heterocycles. The van der Waals surface area contributed by atoms with Crippen molar-refractivity contribution in [2.45, 2.75) is 6.92 Å². The molecule has 1 aliphatic rings. The van der Waals surface area contributed by atoms with Gasteiger partial charge in [0, 0.05) is 17.2 Å². The van der Waals surface area contributed by atoms with Crippen molar-refractivity contribution in [3.63, 3.8) is 0 Å². The summed E-state index contributed by atoms with van der Waals surface area (Å²) in [5, 5.41) is 20.6. The molecule has 2 aromatic heterocycles. The van der Waals surface area contributed by atoms with Crippen LogP contribution in [0.2, 0.25) is 0 Å². The molecule has 10 nitrogen and oxygen atoms in total. The zero-order valence-electron chi connectivity index (χ0n) is 19.2. The Bertz CT molecular complexity index is 1470. The highest BCUT2D eigenvalue weighted by Crippen LogP contribution is 2.44. The number of H-pyrrole nitrogens is 1. The highest BCUT2D eigenvalue weighted by Gasteiger charge is 2.25. The summed E-state index contributed by atoms with van der Waals surface area (Å²) in [6.07, 6.45) is 0. The Balaban J connectivity index is 1.75. The Morgan fingerprint density at radius 1 is 0.971 bits per heavy atom. The van der Waals surface area contributed by atoms with E-state index in [0.717, 1.165) is 0 Å². The number of hydrogen-bond acceptors (Lipinski definition) is 9. The number of methoxy groups -OCH3 is 2. The maximum atomic E-state index is 12.3. The number of phenolic OH excluding ortho intramolecular Hbond substituents is 1. The molecular weight excluding hydrogens is 456 g/mol. The highest BCUT2D eigenvalue weighted by atomic mass is 16.6. The van der Waals surface area contributed by atoms with Crippen LogP contribution in [0.15, 0.2) is 45.6 Å². The van der Waals surface area contributed by atoms with E-state index in [9.17, 15) is 15.0 Å². The molecule has 0 saturated carbocycles. The Labute approximate surface area is 199 Å². The van der Waals surface area contributed by atoms with Gasteiger partial charge in [0.25, 0.3) is 0 Å². The molecule has 0 aliphatic carbocycles. The van der Waals surface area contributed by atoms with Crippen molar-refractivity contribution in [3.05, 3.63) is 52.4 Å². The Kier molecular flexibility index (Phi) is 5.48. The first kappa shape index (κ1) is 22.2. The van der Waals surface area contributed by atoms with Gasteiger partial charge < -0.3 is 38.6 Å². The van der Waals surface area contributed by atoms with Crippen LogP contribution in [0.3, 0.4) is 0 Å². The molecule has 180 valence electrons. The zero-order chi connectivity index (χ0) is 24.7. The molecular formula is C25H22N2O8. The van der Waals surface area contributed by atoms with Crippen LogP contribution >= 0.6 is 0 Å². The number of fused-ring (bicyclic) bond motifs is 1. The predicted molar refractivity (Wildman–Crippen MR) is 126 cm³/mol. The zero-order valence-corrected chi connectivity index (χ0v) is 19.2. The standard InChI is InChI=1S/C25H22N2O8/c1-12-8-16(29)22(30)24(35-12)21-20(13-4-5-15(28)17(9-13)31-2)26-25(27-21)14-10-18(32-3)23-19(11-14)33-6-7-34-23/h4-5,8-11,28,30H,6-7H2,1-3H3,(H,26,27). The maximum absolute atomic E-state index is 12.3. The fourth-order valence-electron chi connectivity index (χ4n) is 3.89. The molecule has 35 heavy (non-hydrogen) atoms. The van der Waals surface area contributed by atoms with E-state index in [-0.39, 0.29) is 23.0 Å². The van der Waals surface area contributed by atoms with Crippen LogP contribution in [0.4, 0.5) is 0 Å². The van der Waals surface area contributed by atoms with E-state index in [4.69, 9.17) is 28.3 Å². The predicted octanol–water partition coefficient (Wildman–Crippen LogP) is 3.87. The average Bonchev–Trinajstić information content (AvgIpc) is 3.31. The molecule has 5 rings (SSSR count). The van der Waals surface area contributed by atoms with E-state index >= 15 is 0 Å². The Morgan fingerprint density at radius 2 is 1.71 bits per heavy atom. The summed E-state index contributed by atoms with van der Waals surface area (Å²) in [7, 11) is 2.96. The molecule has 0 atom stereocenters. The fraction of sp³-hybridized carbons (Fsp3) is 0.200. The number of hydrogen-bond donors (Lipinski definition) is 3. The minimum atomic E-state index is -0.588. The minimum Gasteiger partial charge on any atom is -0.504 e. The molecule has 0 amide bonds. The van der Waals surface area contributed by atoms with Crippen molar-refractivity contribution in [2.24, 2.45) is 0 Å². The third kappa shape index (κ3) is 3.88. The summed E-state index contributed by atoms with van der Waals surface area (Å²) < 4.78 is 27.9. The molecule has 3 N–H and O–H groups in total. The summed E-state index contributed by atoms with van der Waals surface area (Å²) >= 11 is 0. The lowest BCUT2D eigenvalue weighted by Gasteiger charge is -2.21. The lowest BCUT2D eigenvalue weighted by molar-refractivity contribution is 0.165. The Hall–Kier alpha value is -4.60. The smallest absolute Gasteiger partial charge is 0.227 e. The molecule has 2 aromatic carbocycles. The van der Waals surface area contributed by atoms with Gasteiger partial charge in [0.1, 0.15) is 36.2 Å². The molecule has 10 heteroatoms. The third-order valence-corrected chi connectivity index (χ3v) is 5.53. The van der Waals surface area contributed by atoms with E-state index in [1.807, 2.05) is 0 Å². The van der Waals surface area contributed by atoms with Crippen LogP contribution < -0.4 is 24.4 Å². The van der Waals surface area contributed by atoms with Gasteiger partial charge in [0.2, 0.25) is 16.9 Å². The topological polar surface area (TPSA) is 136 Å². The number of imidazole rings is 1. The van der Waals surface area contributed by atoms with Crippen molar-refractivity contribution < 1.29 is 33.6 Å². The van der Waals surface area contributed by atoms with Crippen LogP contribution in [0.5, 0.6) is 34.5 Å². The van der Waals surface area contributed by atoms with E-state index in [2.05, 4.69) is 4.98 Å². The second kappa shape index (κ2) is 8.64. The molecule has 0 unspecified atom stereocenters. The summed E-state index contributed by atoms with van der Waals surface area (Å²) in [5.74, 6) is 1.73. The average molecular weight is 478 g/mol. The number of benzene rings is 2. The van der Waals surface area contributed by atoms with Gasteiger partial charge in [0.05, 0.1) is 14.2 Å². The molecule has 0 radical (unpaired) electrons. The number of rotatable bonds is 5. The quantitative estimate of drug-likeness (QED) is 0.390. The van der Waals surface area contributed by atoms with Crippen molar-refractivity contribution in [3.8, 4) is 68.6 Å². The number of nitrogens with one attached hydrogen (secondary N) is 1. The highest BCUT2D eigenvalue weighted by molar-refractivity contribution is 5.82. The Morgan fingerprint density at radius 3 is 2.49 bits per heavy atom. The van der Waals surface area contributed by atoms with Gasteiger partial charge in [0.15, 0.2) is 28.8 Å². The van der Waals surface area contributed by atoms with Gasteiger partial charge in [-0.1, -0.05) is 0 Å². The van der Waals surface area contributed by atoms with Crippen molar-refractivity contribution in [1.82, 2.24) is 9.97 Å². The van der Waals surface area contributed by atoms with Crippen molar-refractivity contribution in [2.75, 3.05) is 27.4 Å². The molecule has 0 bridgehead atoms. The number of aromatic hydroxyl groups is 2. The van der Waals surface area contributed by atoms with Gasteiger partial charge >= 0.3 is 0 Å². The van der Waals surface area contributed by atoms with Crippen LogP contribution in [0.1, 0.15) is 5.76 Å². The van der Waals surface area contributed by atoms with Crippen LogP contribution in [0, 0.1) is 6.92 Å². The van der Waals surface area contributed by atoms with E-state index in [1.165, 1.54) is 26.4 Å². The number of aryl methyl sites for hydroxylation is 1. The van der Waals surface area contributed by atoms with Gasteiger partial charge in [-0.05, 0) is 37.3 Å². The second-order valence-corrected chi connectivity index (χ2v) is 7.80. The van der Waals surface area contributed by atoms with Crippen molar-refractivity contribution in [1.29, 1.82) is 0 Å². The summed E-state index contributed by atoms with van der Waals surface area (Å²) in [6, 6.07) is 9.39. The monoisotopic (exact) mass is 478 g/mol. The number of ether oxygens (including phenoxy) is 4. The molecule has 0 fully saturated rings. The number of aromatic amines is 1. The lowest BCUT2D eigenvalue weighted by Crippen LogP contribution is -2.16. The molecule has 3 heterocycles. The van der Waals surface area contributed by atoms with E-state index in [1.54, 1.807) is 31.2 Å². The van der Waals surface area contributed by atoms with Gasteiger partial charge in [-0.25, -0.2) is 4.98 Å².